The first-order valence-corrected chi connectivity index (χ1v) is 15.8. The van der Waals surface area contributed by atoms with Crippen LogP contribution in [0.15, 0.2) is 39.7 Å². The number of rotatable bonds is 8. The zero-order valence-corrected chi connectivity index (χ0v) is 26.3. The van der Waals surface area contributed by atoms with E-state index in [1.807, 2.05) is 4.90 Å². The normalized spacial score (nSPS) is 16.1. The quantitative estimate of drug-likeness (QED) is 0.342. The molecule has 1 heterocycles. The predicted octanol–water partition coefficient (Wildman–Crippen LogP) is 5.75. The second-order valence-corrected chi connectivity index (χ2v) is 14.2. The highest BCUT2D eigenvalue weighted by Crippen LogP contribution is 2.38. The van der Waals surface area contributed by atoms with Crippen molar-refractivity contribution in [2.24, 2.45) is 0 Å². The molecule has 8 nitrogen and oxygen atoms in total. The molecule has 2 N–H and O–H groups in total. The Bertz CT molecular complexity index is 1360. The molecule has 2 aromatic rings. The SMILES string of the molecule is CCS(=O)(=O)c1ccc(Cl)cc1CN[C@@H](O)c1cc(Br)c(CN2CCN(C(=O)OC(C)(C)C)CC2)c(C(F)(F)F)c1. The van der Waals surface area contributed by atoms with E-state index in [0.29, 0.717) is 26.2 Å². The number of carbonyl (C=O) groups is 1. The second-order valence-electron chi connectivity index (χ2n) is 10.7. The van der Waals surface area contributed by atoms with Crippen molar-refractivity contribution in [2.45, 2.75) is 63.7 Å². The van der Waals surface area contributed by atoms with Gasteiger partial charge in [-0.3, -0.25) is 10.2 Å². The molecule has 0 spiro atoms. The van der Waals surface area contributed by atoms with Crippen LogP contribution in [0.2, 0.25) is 5.02 Å². The lowest BCUT2D eigenvalue weighted by Crippen LogP contribution is -2.49. The number of piperazine rings is 1. The van der Waals surface area contributed by atoms with Crippen molar-refractivity contribution < 1.29 is 36.2 Å². The van der Waals surface area contributed by atoms with Crippen molar-refractivity contribution in [1.29, 1.82) is 0 Å². The molecule has 0 saturated carbocycles. The van der Waals surface area contributed by atoms with E-state index in [4.69, 9.17) is 16.3 Å². The van der Waals surface area contributed by atoms with Gasteiger partial charge in [0.15, 0.2) is 9.84 Å². The fourth-order valence-electron chi connectivity index (χ4n) is 4.34. The Morgan fingerprint density at radius 3 is 2.34 bits per heavy atom. The maximum atomic E-state index is 14.2. The van der Waals surface area contributed by atoms with Crippen LogP contribution in [0.4, 0.5) is 18.0 Å². The van der Waals surface area contributed by atoms with E-state index in [1.54, 1.807) is 20.8 Å². The van der Waals surface area contributed by atoms with E-state index >= 15 is 0 Å². The van der Waals surface area contributed by atoms with Crippen molar-refractivity contribution in [3.05, 3.63) is 62.1 Å². The van der Waals surface area contributed by atoms with Crippen molar-refractivity contribution >= 4 is 43.5 Å². The van der Waals surface area contributed by atoms with E-state index < -0.39 is 39.5 Å². The van der Waals surface area contributed by atoms with Gasteiger partial charge in [-0.1, -0.05) is 34.5 Å². The number of amides is 1. The molecule has 0 aliphatic carbocycles. The number of carbonyl (C=O) groups excluding carboxylic acids is 1. The Morgan fingerprint density at radius 1 is 1.15 bits per heavy atom. The number of aliphatic hydroxyl groups excluding tert-OH is 1. The van der Waals surface area contributed by atoms with Gasteiger partial charge in [0.2, 0.25) is 0 Å². The lowest BCUT2D eigenvalue weighted by Gasteiger charge is -2.36. The summed E-state index contributed by atoms with van der Waals surface area (Å²) in [5.41, 5.74) is -1.31. The molecule has 3 rings (SSSR count). The summed E-state index contributed by atoms with van der Waals surface area (Å²) in [7, 11) is -3.60. The van der Waals surface area contributed by atoms with Crippen LogP contribution in [-0.2, 0) is 33.8 Å². The van der Waals surface area contributed by atoms with Crippen LogP contribution in [-0.4, -0.2) is 67.0 Å². The van der Waals surface area contributed by atoms with Crippen LogP contribution < -0.4 is 5.32 Å². The lowest BCUT2D eigenvalue weighted by molar-refractivity contribution is -0.138. The molecular formula is C27H34BrClF3N3O5S. The summed E-state index contributed by atoms with van der Waals surface area (Å²) in [6, 6.07) is 6.53. The average Bonchev–Trinajstić information content (AvgIpc) is 2.86. The van der Waals surface area contributed by atoms with Crippen LogP contribution in [0.5, 0.6) is 0 Å². The van der Waals surface area contributed by atoms with E-state index in [0.717, 1.165) is 6.07 Å². The van der Waals surface area contributed by atoms with Gasteiger partial charge in [-0.05, 0) is 67.8 Å². The van der Waals surface area contributed by atoms with Gasteiger partial charge in [-0.15, -0.1) is 0 Å². The third-order valence-electron chi connectivity index (χ3n) is 6.47. The van der Waals surface area contributed by atoms with E-state index in [9.17, 15) is 31.5 Å². The molecule has 228 valence electrons. The van der Waals surface area contributed by atoms with Crippen molar-refractivity contribution in [3.8, 4) is 0 Å². The van der Waals surface area contributed by atoms with Crippen LogP contribution in [0.25, 0.3) is 0 Å². The molecule has 2 aromatic carbocycles. The predicted molar refractivity (Wildman–Crippen MR) is 153 cm³/mol. The Labute approximate surface area is 251 Å². The van der Waals surface area contributed by atoms with Gasteiger partial charge in [0.05, 0.1) is 16.2 Å². The van der Waals surface area contributed by atoms with Crippen LogP contribution in [0, 0.1) is 0 Å². The number of halogens is 5. The van der Waals surface area contributed by atoms with E-state index in [2.05, 4.69) is 21.2 Å². The van der Waals surface area contributed by atoms with Gasteiger partial charge in [0, 0.05) is 48.8 Å². The maximum absolute atomic E-state index is 14.2. The fourth-order valence-corrected chi connectivity index (χ4v) is 6.25. The number of hydrogen-bond acceptors (Lipinski definition) is 7. The zero-order chi connectivity index (χ0) is 30.8. The molecule has 1 atom stereocenters. The first-order chi connectivity index (χ1) is 18.9. The molecule has 1 aliphatic rings. The Morgan fingerprint density at radius 2 is 1.78 bits per heavy atom. The van der Waals surface area contributed by atoms with Gasteiger partial charge in [-0.25, -0.2) is 13.2 Å². The Balaban J connectivity index is 1.77. The molecule has 0 aromatic heterocycles. The summed E-state index contributed by atoms with van der Waals surface area (Å²) in [6.07, 6.45) is -6.70. The number of alkyl halides is 3. The maximum Gasteiger partial charge on any atom is 0.416 e. The highest BCUT2D eigenvalue weighted by atomic mass is 79.9. The summed E-state index contributed by atoms with van der Waals surface area (Å²) in [6.45, 7) is 7.95. The summed E-state index contributed by atoms with van der Waals surface area (Å²) in [5.74, 6) is -0.149. The fraction of sp³-hybridized carbons (Fsp3) is 0.519. The molecule has 0 unspecified atom stereocenters. The van der Waals surface area contributed by atoms with E-state index in [1.165, 1.54) is 36.1 Å². The minimum absolute atomic E-state index is 0.00494. The highest BCUT2D eigenvalue weighted by molar-refractivity contribution is 9.10. The van der Waals surface area contributed by atoms with E-state index in [-0.39, 0.29) is 49.9 Å². The second kappa shape index (κ2) is 13.2. The molecule has 1 fully saturated rings. The molecule has 1 saturated heterocycles. The number of nitrogens with zero attached hydrogens (tertiary/aromatic N) is 2. The summed E-state index contributed by atoms with van der Waals surface area (Å²) >= 11 is 9.29. The Hall–Kier alpha value is -1.90. The molecule has 1 aliphatic heterocycles. The molecule has 41 heavy (non-hydrogen) atoms. The van der Waals surface area contributed by atoms with Gasteiger partial charge >= 0.3 is 12.3 Å². The van der Waals surface area contributed by atoms with Crippen LogP contribution in [0.3, 0.4) is 0 Å². The molecule has 14 heteroatoms. The summed E-state index contributed by atoms with van der Waals surface area (Å²) < 4.78 is 73.0. The minimum Gasteiger partial charge on any atom is -0.444 e. The first kappa shape index (κ1) is 33.6. The van der Waals surface area contributed by atoms with Gasteiger partial charge < -0.3 is 14.7 Å². The number of ether oxygens (including phenoxy) is 1. The zero-order valence-electron chi connectivity index (χ0n) is 23.2. The van der Waals surface area contributed by atoms with Crippen LogP contribution in [0.1, 0.15) is 56.2 Å². The molecule has 0 bridgehead atoms. The summed E-state index contributed by atoms with van der Waals surface area (Å²) in [4.78, 5) is 15.7. The summed E-state index contributed by atoms with van der Waals surface area (Å²) in [5, 5.41) is 13.7. The smallest absolute Gasteiger partial charge is 0.416 e. The molecule has 1 amide bonds. The van der Waals surface area contributed by atoms with Gasteiger partial charge in [0.1, 0.15) is 11.8 Å². The number of benzene rings is 2. The minimum atomic E-state index is -4.71. The number of sulfone groups is 1. The lowest BCUT2D eigenvalue weighted by atomic mass is 10.0. The molecular weight excluding hydrogens is 651 g/mol. The monoisotopic (exact) mass is 683 g/mol. The highest BCUT2D eigenvalue weighted by Gasteiger charge is 2.36. The third kappa shape index (κ3) is 9.04. The number of hydrogen-bond donors (Lipinski definition) is 2. The molecule has 0 radical (unpaired) electrons. The standard InChI is InChI=1S/C27H34BrClF3N3O5S/c1-5-41(38,39)23-7-6-19(29)12-18(23)15-33-24(36)17-13-21(27(30,31)32)20(22(28)14-17)16-34-8-10-35(11-9-34)25(37)40-26(2,3)4/h6-7,12-14,24,33,36H,5,8-11,15-16H2,1-4H3/t24-/m0/s1. The van der Waals surface area contributed by atoms with Crippen LogP contribution >= 0.6 is 27.5 Å². The van der Waals surface area contributed by atoms with Crippen molar-refractivity contribution in [3.63, 3.8) is 0 Å². The largest absolute Gasteiger partial charge is 0.444 e. The van der Waals surface area contributed by atoms with Gasteiger partial charge in [0.25, 0.3) is 0 Å². The third-order valence-corrected chi connectivity index (χ3v) is 9.24. The van der Waals surface area contributed by atoms with Crippen molar-refractivity contribution in [1.82, 2.24) is 15.1 Å². The van der Waals surface area contributed by atoms with Crippen molar-refractivity contribution in [2.75, 3.05) is 31.9 Å². The van der Waals surface area contributed by atoms with Gasteiger partial charge in [-0.2, -0.15) is 13.2 Å². The Kier molecular flexibility index (Phi) is 10.8. The topological polar surface area (TPSA) is 99.2 Å². The number of aliphatic hydroxyl groups is 1. The first-order valence-electron chi connectivity index (χ1n) is 12.9. The number of nitrogens with one attached hydrogen (secondary N) is 1. The average molecular weight is 685 g/mol.